The monoisotopic (exact) mass is 324 g/mol. The molecule has 0 aliphatic carbocycles. The van der Waals surface area contributed by atoms with Gasteiger partial charge in [0.1, 0.15) is 0 Å². The zero-order chi connectivity index (χ0) is 9.00. The van der Waals surface area contributed by atoms with Crippen LogP contribution in [0.1, 0.15) is 0 Å². The van der Waals surface area contributed by atoms with Gasteiger partial charge in [0, 0.05) is 34.1 Å². The van der Waals surface area contributed by atoms with Gasteiger partial charge >= 0.3 is 20.8 Å². The van der Waals surface area contributed by atoms with Crippen molar-refractivity contribution >= 4 is 20.8 Å². The summed E-state index contributed by atoms with van der Waals surface area (Å²) in [7, 11) is -9.33. The second kappa shape index (κ2) is 10.8. The smallest absolute Gasteiger partial charge is 0.394 e. The maximum absolute atomic E-state index is 8.74. The van der Waals surface area contributed by atoms with E-state index in [0.29, 0.717) is 0 Å². The summed E-state index contributed by atoms with van der Waals surface area (Å²) in [6.45, 7) is 0. The van der Waals surface area contributed by atoms with Gasteiger partial charge in [0.15, 0.2) is 0 Å². The molecule has 13 heavy (non-hydrogen) atoms. The molecule has 0 heterocycles. The number of hydrogen-bond donors (Lipinski definition) is 4. The molecule has 0 aromatic rings. The number of hydrogen-bond acceptors (Lipinski definition) is 4. The Bertz CT molecular complexity index is 212. The van der Waals surface area contributed by atoms with Gasteiger partial charge in [0.2, 0.25) is 0 Å². The zero-order valence-electron chi connectivity index (χ0n) is 5.49. The van der Waals surface area contributed by atoms with Gasteiger partial charge in [-0.2, -0.15) is 16.8 Å². The fraction of sp³-hybridized carbons (Fsp3) is 0. The average Bonchev–Trinajstić information content (AvgIpc) is 1.12. The van der Waals surface area contributed by atoms with E-state index >= 15 is 0 Å². The molecular formula is H6Mn2O9S2. The average molecular weight is 324 g/mol. The van der Waals surface area contributed by atoms with E-state index in [0.717, 1.165) is 0 Å². The van der Waals surface area contributed by atoms with Crippen molar-refractivity contribution in [3.05, 3.63) is 0 Å². The molecule has 86 valence electrons. The molecule has 0 aromatic carbocycles. The van der Waals surface area contributed by atoms with Gasteiger partial charge in [-0.05, 0) is 0 Å². The molecule has 0 aromatic heterocycles. The van der Waals surface area contributed by atoms with E-state index in [4.69, 9.17) is 35.0 Å². The first-order valence-corrected chi connectivity index (χ1v) is 4.19. The maximum Gasteiger partial charge on any atom is 0.394 e. The van der Waals surface area contributed by atoms with Crippen LogP contribution in [0.25, 0.3) is 0 Å². The van der Waals surface area contributed by atoms with Gasteiger partial charge in [-0.25, -0.2) is 0 Å². The van der Waals surface area contributed by atoms with E-state index < -0.39 is 20.8 Å². The van der Waals surface area contributed by atoms with Crippen molar-refractivity contribution in [3.8, 4) is 0 Å². The van der Waals surface area contributed by atoms with E-state index in [-0.39, 0.29) is 39.6 Å². The van der Waals surface area contributed by atoms with E-state index in [1.54, 1.807) is 0 Å². The summed E-state index contributed by atoms with van der Waals surface area (Å²) in [6.07, 6.45) is 0. The van der Waals surface area contributed by atoms with Gasteiger partial charge in [0.25, 0.3) is 0 Å². The van der Waals surface area contributed by atoms with E-state index in [1.165, 1.54) is 0 Å². The van der Waals surface area contributed by atoms with Crippen LogP contribution in [0.5, 0.6) is 0 Å². The van der Waals surface area contributed by atoms with Crippen LogP contribution >= 0.6 is 0 Å². The van der Waals surface area contributed by atoms with Crippen LogP contribution in [0.2, 0.25) is 0 Å². The molecule has 2 radical (unpaired) electrons. The zero-order valence-corrected chi connectivity index (χ0v) is 9.49. The molecule has 0 saturated heterocycles. The molecule has 0 aliphatic rings. The van der Waals surface area contributed by atoms with Crippen LogP contribution in [0.15, 0.2) is 0 Å². The van der Waals surface area contributed by atoms with Crippen LogP contribution in [0, 0.1) is 0 Å². The molecule has 0 rings (SSSR count). The molecule has 0 fully saturated rings. The summed E-state index contributed by atoms with van der Waals surface area (Å²) in [4.78, 5) is 0. The van der Waals surface area contributed by atoms with Crippen molar-refractivity contribution in [2.24, 2.45) is 0 Å². The Hall–Kier alpha value is 0.739. The van der Waals surface area contributed by atoms with Crippen molar-refractivity contribution in [3.63, 3.8) is 0 Å². The van der Waals surface area contributed by atoms with Crippen LogP contribution in [-0.2, 0) is 54.9 Å². The normalized spacial score (nSPS) is 8.92. The molecule has 0 amide bonds. The van der Waals surface area contributed by atoms with Crippen molar-refractivity contribution in [1.29, 1.82) is 0 Å². The van der Waals surface area contributed by atoms with E-state index in [1.807, 2.05) is 0 Å². The Morgan fingerprint density at radius 1 is 0.615 bits per heavy atom. The van der Waals surface area contributed by atoms with Crippen LogP contribution < -0.4 is 0 Å². The third-order valence-corrected chi connectivity index (χ3v) is 0. The molecule has 6 N–H and O–H groups in total. The van der Waals surface area contributed by atoms with Crippen molar-refractivity contribution in [2.45, 2.75) is 0 Å². The Labute approximate surface area is 95.3 Å². The summed E-state index contributed by atoms with van der Waals surface area (Å²) in [5.74, 6) is 0. The minimum Gasteiger partial charge on any atom is -0.412 e. The predicted molar refractivity (Wildman–Crippen MR) is 32.0 cm³/mol. The first-order chi connectivity index (χ1) is 4.00. The second-order valence-corrected chi connectivity index (χ2v) is 2.69. The van der Waals surface area contributed by atoms with Gasteiger partial charge in [-0.3, -0.25) is 18.2 Å². The molecule has 0 saturated carbocycles. The topological polar surface area (TPSA) is 181 Å². The van der Waals surface area contributed by atoms with Crippen LogP contribution in [-0.4, -0.2) is 40.5 Å². The van der Waals surface area contributed by atoms with Gasteiger partial charge in [-0.1, -0.05) is 0 Å². The van der Waals surface area contributed by atoms with Crippen LogP contribution in [0.3, 0.4) is 0 Å². The fourth-order valence-electron chi connectivity index (χ4n) is 0. The Balaban J connectivity index is -0.0000000267. The van der Waals surface area contributed by atoms with Crippen LogP contribution in [0.4, 0.5) is 0 Å². The minimum absolute atomic E-state index is 0. The van der Waals surface area contributed by atoms with Crippen molar-refractivity contribution < 1.29 is 74.7 Å². The summed E-state index contributed by atoms with van der Waals surface area (Å²) >= 11 is 0. The maximum atomic E-state index is 8.74. The quantitative estimate of drug-likeness (QED) is 0.288. The molecule has 0 bridgehead atoms. The predicted octanol–water partition coefficient (Wildman–Crippen LogP) is -2.14. The molecule has 0 unspecified atom stereocenters. The first kappa shape index (κ1) is 29.2. The van der Waals surface area contributed by atoms with Crippen molar-refractivity contribution in [2.75, 3.05) is 0 Å². The summed E-state index contributed by atoms with van der Waals surface area (Å²) in [5, 5.41) is 0. The van der Waals surface area contributed by atoms with Gasteiger partial charge in [-0.15, -0.1) is 0 Å². The Morgan fingerprint density at radius 2 is 0.615 bits per heavy atom. The molecule has 0 atom stereocenters. The Morgan fingerprint density at radius 3 is 0.615 bits per heavy atom. The standard InChI is InChI=1S/2Mn.2H2O4S.H2O/c;;2*1-5(2,3)4;/h;;2*(H2,1,2,3,4);1H2. The minimum atomic E-state index is -4.67. The second-order valence-electron chi connectivity index (χ2n) is 0.896. The largest absolute Gasteiger partial charge is 0.412 e. The molecule has 0 aliphatic heterocycles. The fourth-order valence-corrected chi connectivity index (χ4v) is 0. The molecule has 13 heteroatoms. The third-order valence-electron chi connectivity index (χ3n) is 0. The van der Waals surface area contributed by atoms with Crippen molar-refractivity contribution in [1.82, 2.24) is 0 Å². The summed E-state index contributed by atoms with van der Waals surface area (Å²) < 4.78 is 63.2. The molecule has 9 nitrogen and oxygen atoms in total. The Kier molecular flexibility index (Phi) is 24.3. The molecular weight excluding hydrogens is 318 g/mol. The first-order valence-electron chi connectivity index (χ1n) is 1.40. The summed E-state index contributed by atoms with van der Waals surface area (Å²) in [6, 6.07) is 0. The third kappa shape index (κ3) is 2690. The van der Waals surface area contributed by atoms with E-state index in [2.05, 4.69) is 0 Å². The van der Waals surface area contributed by atoms with E-state index in [9.17, 15) is 0 Å². The molecule has 0 spiro atoms. The number of rotatable bonds is 0. The summed E-state index contributed by atoms with van der Waals surface area (Å²) in [5.41, 5.74) is 0. The SMILES string of the molecule is O.O=S(=O)(O)O.O=S(=O)(O)O.[Mn].[Mn]. The van der Waals surface area contributed by atoms with Gasteiger partial charge < -0.3 is 5.48 Å². The van der Waals surface area contributed by atoms with Gasteiger partial charge in [0.05, 0.1) is 0 Å².